The van der Waals surface area contributed by atoms with Crippen LogP contribution in [0.2, 0.25) is 0 Å². The normalized spacial score (nSPS) is 12.0. The smallest absolute Gasteiger partial charge is 0.335 e. The molecule has 2 aliphatic rings. The fourth-order valence-corrected chi connectivity index (χ4v) is 5.22. The van der Waals surface area contributed by atoms with Crippen molar-refractivity contribution >= 4 is 5.97 Å². The first-order valence-electron chi connectivity index (χ1n) is 11.5. The molecular formula is C33H36O2. The van der Waals surface area contributed by atoms with Crippen LogP contribution in [0.4, 0.5) is 0 Å². The predicted molar refractivity (Wildman–Crippen MR) is 148 cm³/mol. The number of benzene rings is 4. The maximum Gasteiger partial charge on any atom is 0.335 e. The van der Waals surface area contributed by atoms with E-state index in [1.807, 2.05) is 30.3 Å². The summed E-state index contributed by atoms with van der Waals surface area (Å²) < 4.78 is 0. The van der Waals surface area contributed by atoms with Crippen LogP contribution in [0.25, 0.3) is 22.3 Å². The van der Waals surface area contributed by atoms with Gasteiger partial charge in [0.1, 0.15) is 0 Å². The zero-order chi connectivity index (χ0) is 23.2. The molecule has 0 bridgehead atoms. The number of rotatable bonds is 1. The topological polar surface area (TPSA) is 37.3 Å². The first kappa shape index (κ1) is 26.0. The molecule has 35 heavy (non-hydrogen) atoms. The van der Waals surface area contributed by atoms with Gasteiger partial charge in [-0.2, -0.15) is 0 Å². The largest absolute Gasteiger partial charge is 0.478 e. The van der Waals surface area contributed by atoms with Crippen molar-refractivity contribution in [1.82, 2.24) is 0 Å². The fourth-order valence-electron chi connectivity index (χ4n) is 5.22. The quantitative estimate of drug-likeness (QED) is 0.264. The molecule has 0 aromatic heterocycles. The molecule has 2 aliphatic carbocycles. The summed E-state index contributed by atoms with van der Waals surface area (Å²) in [6.45, 7) is 6.89. The molecule has 0 spiro atoms. The van der Waals surface area contributed by atoms with E-state index in [0.717, 1.165) is 24.0 Å². The third-order valence-electron chi connectivity index (χ3n) is 6.74. The van der Waals surface area contributed by atoms with Gasteiger partial charge in [-0.1, -0.05) is 114 Å². The number of aromatic carboxylic acids is 1. The van der Waals surface area contributed by atoms with Crippen LogP contribution in [0.1, 0.15) is 73.8 Å². The van der Waals surface area contributed by atoms with Crippen molar-refractivity contribution in [3.05, 3.63) is 118 Å². The van der Waals surface area contributed by atoms with E-state index in [0.29, 0.717) is 5.56 Å². The number of fused-ring (bicyclic) bond motifs is 6. The molecule has 0 aliphatic heterocycles. The fraction of sp³-hybridized carbons (Fsp3) is 0.242. The Morgan fingerprint density at radius 1 is 0.629 bits per heavy atom. The minimum absolute atomic E-state index is 0. The van der Waals surface area contributed by atoms with Gasteiger partial charge in [-0.05, 0) is 74.4 Å². The number of carbonyl (C=O) groups is 1. The van der Waals surface area contributed by atoms with Crippen LogP contribution in [-0.2, 0) is 18.3 Å². The molecule has 6 rings (SSSR count). The van der Waals surface area contributed by atoms with Gasteiger partial charge in [0.2, 0.25) is 0 Å². The molecule has 0 saturated carbocycles. The molecule has 0 heterocycles. The Bertz CT molecular complexity index is 1370. The van der Waals surface area contributed by atoms with Gasteiger partial charge in [0.05, 0.1) is 5.56 Å². The van der Waals surface area contributed by atoms with Crippen molar-refractivity contribution < 1.29 is 9.90 Å². The number of hydrogen-bond donors (Lipinski definition) is 1. The van der Waals surface area contributed by atoms with Gasteiger partial charge in [-0.3, -0.25) is 0 Å². The Hall–Kier alpha value is -3.65. The molecule has 0 unspecified atom stereocenters. The van der Waals surface area contributed by atoms with E-state index in [2.05, 4.69) is 69.3 Å². The Kier molecular flexibility index (Phi) is 7.36. The van der Waals surface area contributed by atoms with E-state index < -0.39 is 5.97 Å². The first-order valence-corrected chi connectivity index (χ1v) is 11.5. The second-order valence-corrected chi connectivity index (χ2v) is 9.89. The average molecular weight is 465 g/mol. The lowest BCUT2D eigenvalue weighted by Crippen LogP contribution is -2.13. The summed E-state index contributed by atoms with van der Waals surface area (Å²) in [5, 5.41) is 9.13. The minimum atomic E-state index is -0.843. The van der Waals surface area contributed by atoms with Gasteiger partial charge in [-0.25, -0.2) is 4.79 Å². The minimum Gasteiger partial charge on any atom is -0.478 e. The average Bonchev–Trinajstić information content (AvgIpc) is 3.37. The summed E-state index contributed by atoms with van der Waals surface area (Å²) in [6, 6.07) is 29.1. The highest BCUT2D eigenvalue weighted by Gasteiger charge is 2.25. The van der Waals surface area contributed by atoms with Crippen LogP contribution in [0.15, 0.2) is 84.9 Å². The van der Waals surface area contributed by atoms with E-state index in [1.165, 1.54) is 38.9 Å². The molecule has 2 heteroatoms. The highest BCUT2D eigenvalue weighted by molar-refractivity contribution is 5.94. The van der Waals surface area contributed by atoms with Crippen molar-refractivity contribution in [3.8, 4) is 22.3 Å². The number of carboxylic acid groups (broad SMARTS) is 1. The molecule has 0 fully saturated rings. The molecule has 4 aromatic carbocycles. The Morgan fingerprint density at radius 2 is 1.09 bits per heavy atom. The molecule has 0 radical (unpaired) electrons. The summed E-state index contributed by atoms with van der Waals surface area (Å²) in [5.41, 5.74) is 12.4. The maximum absolute atomic E-state index is 11.1. The van der Waals surface area contributed by atoms with Crippen LogP contribution in [0.3, 0.4) is 0 Å². The molecule has 0 atom stereocenters. The summed E-state index contributed by atoms with van der Waals surface area (Å²) in [6.07, 6.45) is 1.83. The number of carboxylic acids is 1. The second kappa shape index (κ2) is 9.92. The summed E-state index contributed by atoms with van der Waals surface area (Å²) in [4.78, 5) is 11.1. The Balaban J connectivity index is 0.000000185. The van der Waals surface area contributed by atoms with Crippen molar-refractivity contribution in [3.63, 3.8) is 0 Å². The maximum atomic E-state index is 11.1. The molecule has 4 aromatic rings. The van der Waals surface area contributed by atoms with Crippen LogP contribution in [0.5, 0.6) is 0 Å². The van der Waals surface area contributed by atoms with Crippen molar-refractivity contribution in [2.75, 3.05) is 0 Å². The van der Waals surface area contributed by atoms with E-state index in [-0.39, 0.29) is 20.3 Å². The molecule has 0 saturated heterocycles. The van der Waals surface area contributed by atoms with Gasteiger partial charge in [0.15, 0.2) is 0 Å². The van der Waals surface area contributed by atoms with Crippen LogP contribution in [-0.4, -0.2) is 11.1 Å². The Labute approximate surface area is 210 Å². The van der Waals surface area contributed by atoms with Crippen molar-refractivity contribution in [2.24, 2.45) is 0 Å². The predicted octanol–water partition coefficient (Wildman–Crippen LogP) is 8.78. The Morgan fingerprint density at radius 3 is 1.63 bits per heavy atom. The van der Waals surface area contributed by atoms with Crippen LogP contribution in [0, 0.1) is 0 Å². The summed E-state index contributed by atoms with van der Waals surface area (Å²) in [5.74, 6) is -0.843. The molecule has 180 valence electrons. The third-order valence-corrected chi connectivity index (χ3v) is 6.74. The standard InChI is InChI=1S/C17H18.C14H10O2.2CH4/c1-17(2,3)16-10-6-9-14-13-8-5-4-7-12(13)11-15(14)16;15-14(16)12-7-3-6-11-10-5-2-1-4-9(10)8-13(11)12;;/h4-10H,11H2,1-3H3;1-7H,8H2,(H,15,16);2*1H4. The van der Waals surface area contributed by atoms with Gasteiger partial charge < -0.3 is 5.11 Å². The first-order chi connectivity index (χ1) is 15.8. The third kappa shape index (κ3) is 4.66. The molecule has 2 nitrogen and oxygen atoms in total. The van der Waals surface area contributed by atoms with Crippen molar-refractivity contribution in [2.45, 2.75) is 53.9 Å². The van der Waals surface area contributed by atoms with E-state index in [4.69, 9.17) is 5.11 Å². The van der Waals surface area contributed by atoms with Gasteiger partial charge in [0.25, 0.3) is 0 Å². The lowest BCUT2D eigenvalue weighted by Gasteiger charge is -2.22. The SMILES string of the molecule is C.C.CC(C)(C)c1cccc2c1Cc1ccccc1-2.O=C(O)c1cccc2c1Cc1ccccc1-2. The van der Waals surface area contributed by atoms with Crippen LogP contribution >= 0.6 is 0 Å². The lowest BCUT2D eigenvalue weighted by molar-refractivity contribution is 0.0696. The van der Waals surface area contributed by atoms with E-state index >= 15 is 0 Å². The van der Waals surface area contributed by atoms with E-state index in [1.54, 1.807) is 6.07 Å². The molecular weight excluding hydrogens is 428 g/mol. The van der Waals surface area contributed by atoms with Gasteiger partial charge in [0, 0.05) is 0 Å². The zero-order valence-electron chi connectivity index (χ0n) is 19.4. The monoisotopic (exact) mass is 464 g/mol. The summed E-state index contributed by atoms with van der Waals surface area (Å²) >= 11 is 0. The number of hydrogen-bond acceptors (Lipinski definition) is 1. The summed E-state index contributed by atoms with van der Waals surface area (Å²) in [7, 11) is 0. The lowest BCUT2D eigenvalue weighted by atomic mass is 9.82. The highest BCUT2D eigenvalue weighted by Crippen LogP contribution is 2.41. The van der Waals surface area contributed by atoms with Crippen molar-refractivity contribution in [1.29, 1.82) is 0 Å². The van der Waals surface area contributed by atoms with E-state index in [9.17, 15) is 4.79 Å². The van der Waals surface area contributed by atoms with Crippen LogP contribution < -0.4 is 0 Å². The zero-order valence-corrected chi connectivity index (χ0v) is 19.4. The second-order valence-electron chi connectivity index (χ2n) is 9.89. The molecule has 1 N–H and O–H groups in total. The van der Waals surface area contributed by atoms with Gasteiger partial charge >= 0.3 is 5.97 Å². The highest BCUT2D eigenvalue weighted by atomic mass is 16.4. The molecule has 0 amide bonds. The van der Waals surface area contributed by atoms with Gasteiger partial charge in [-0.15, -0.1) is 0 Å².